The lowest BCUT2D eigenvalue weighted by molar-refractivity contribution is -0.109. The quantitative estimate of drug-likeness (QED) is 0.278. The van der Waals surface area contributed by atoms with E-state index in [1.807, 2.05) is 42.7 Å². The summed E-state index contributed by atoms with van der Waals surface area (Å²) in [6.45, 7) is 0. The normalized spacial score (nSPS) is 7.27. The lowest BCUT2D eigenvalue weighted by Crippen LogP contribution is -2.18. The van der Waals surface area contributed by atoms with Crippen molar-refractivity contribution in [2.45, 2.75) is 0 Å². The van der Waals surface area contributed by atoms with Crippen LogP contribution in [0.2, 0.25) is 0 Å². The van der Waals surface area contributed by atoms with Crippen LogP contribution in [0.1, 0.15) is 0 Å². The molecule has 4 N–H and O–H groups in total. The Bertz CT molecular complexity index is 252. The molecule has 2 heterocycles. The number of carbonyl (C=O) groups is 1. The zero-order valence-electron chi connectivity index (χ0n) is 8.21. The maximum Gasteiger partial charge on any atom is 0.221 e. The van der Waals surface area contributed by atoms with Crippen molar-refractivity contribution in [2.24, 2.45) is 5.84 Å². The summed E-state index contributed by atoms with van der Waals surface area (Å²) in [4.78, 5) is 15.6. The van der Waals surface area contributed by atoms with E-state index in [1.165, 1.54) is 0 Å². The third-order valence-electron chi connectivity index (χ3n) is 1.13. The van der Waals surface area contributed by atoms with Crippen LogP contribution in [0.15, 0.2) is 55.1 Å². The number of hydrazine groups is 1. The highest BCUT2D eigenvalue weighted by Gasteiger charge is 1.58. The SMILES string of the molecule is NNC=O.c1cc[nH]c1.c1ccncc1. The van der Waals surface area contributed by atoms with E-state index in [9.17, 15) is 0 Å². The van der Waals surface area contributed by atoms with Crippen molar-refractivity contribution < 1.29 is 4.79 Å². The van der Waals surface area contributed by atoms with Crippen molar-refractivity contribution in [1.29, 1.82) is 0 Å². The highest BCUT2D eigenvalue weighted by atomic mass is 16.1. The minimum absolute atomic E-state index is 0.403. The predicted molar refractivity (Wildman–Crippen MR) is 58.4 cm³/mol. The molecule has 0 bridgehead atoms. The molecule has 0 atom stereocenters. The van der Waals surface area contributed by atoms with Crippen molar-refractivity contribution >= 4 is 6.41 Å². The van der Waals surface area contributed by atoms with Gasteiger partial charge in [0.1, 0.15) is 0 Å². The predicted octanol–water partition coefficient (Wildman–Crippen LogP) is 0.702. The number of rotatable bonds is 1. The molecular weight excluding hydrogens is 192 g/mol. The van der Waals surface area contributed by atoms with E-state index >= 15 is 0 Å². The molecule has 0 fully saturated rings. The number of hydrogen-bond acceptors (Lipinski definition) is 3. The Hall–Kier alpha value is -2.14. The molecule has 0 aliphatic heterocycles. The summed E-state index contributed by atoms with van der Waals surface area (Å²) >= 11 is 0. The second kappa shape index (κ2) is 11.9. The van der Waals surface area contributed by atoms with Crippen molar-refractivity contribution in [3.8, 4) is 0 Å². The molecule has 0 aliphatic carbocycles. The molecule has 5 heteroatoms. The van der Waals surface area contributed by atoms with Crippen LogP contribution in [0.3, 0.4) is 0 Å². The van der Waals surface area contributed by atoms with Crippen molar-refractivity contribution in [3.63, 3.8) is 0 Å². The van der Waals surface area contributed by atoms with Gasteiger partial charge < -0.3 is 4.98 Å². The lowest BCUT2D eigenvalue weighted by Gasteiger charge is -1.70. The molecule has 0 unspecified atom stereocenters. The van der Waals surface area contributed by atoms with Crippen LogP contribution in [0.25, 0.3) is 0 Å². The molecule has 0 saturated heterocycles. The monoisotopic (exact) mass is 206 g/mol. The second-order valence-electron chi connectivity index (χ2n) is 2.19. The lowest BCUT2D eigenvalue weighted by atomic mass is 10.5. The summed E-state index contributed by atoms with van der Waals surface area (Å²) in [7, 11) is 0. The van der Waals surface area contributed by atoms with E-state index in [0.29, 0.717) is 6.41 Å². The van der Waals surface area contributed by atoms with Gasteiger partial charge >= 0.3 is 0 Å². The maximum absolute atomic E-state index is 8.94. The smallest absolute Gasteiger partial charge is 0.221 e. The number of carbonyl (C=O) groups excluding carboxylic acids is 1. The third kappa shape index (κ3) is 11.9. The Labute approximate surface area is 88.3 Å². The number of H-pyrrole nitrogens is 1. The summed E-state index contributed by atoms with van der Waals surface area (Å²) in [5, 5.41) is 0. The first-order valence-electron chi connectivity index (χ1n) is 4.24. The van der Waals surface area contributed by atoms with E-state index in [4.69, 9.17) is 4.79 Å². The van der Waals surface area contributed by atoms with Crippen LogP contribution < -0.4 is 11.3 Å². The van der Waals surface area contributed by atoms with Gasteiger partial charge in [0.25, 0.3) is 0 Å². The third-order valence-corrected chi connectivity index (χ3v) is 1.13. The van der Waals surface area contributed by atoms with E-state index < -0.39 is 0 Å². The summed E-state index contributed by atoms with van der Waals surface area (Å²) in [6, 6.07) is 9.60. The zero-order valence-corrected chi connectivity index (χ0v) is 8.21. The number of nitrogens with one attached hydrogen (secondary N) is 2. The number of nitrogens with two attached hydrogens (primary N) is 1. The Morgan fingerprint density at radius 2 is 1.60 bits per heavy atom. The number of pyridine rings is 1. The zero-order chi connectivity index (χ0) is 11.2. The van der Waals surface area contributed by atoms with Crippen LogP contribution >= 0.6 is 0 Å². The summed E-state index contributed by atoms with van der Waals surface area (Å²) < 4.78 is 0. The molecule has 2 aromatic heterocycles. The Morgan fingerprint density at radius 3 is 1.73 bits per heavy atom. The molecule has 2 rings (SSSR count). The fourth-order valence-electron chi connectivity index (χ4n) is 0.590. The molecule has 1 amide bonds. The van der Waals surface area contributed by atoms with Gasteiger partial charge in [-0.1, -0.05) is 6.07 Å². The standard InChI is InChI=1S/C5H5N.C4H5N.CH4N2O/c1-2-4-6-5-3-1;1-2-4-5-3-1;2-3-1-4/h1-5H;1-5H;1H,2H2,(H,3,4). The number of amides is 1. The number of aromatic amines is 1. The van der Waals surface area contributed by atoms with Crippen LogP contribution in [0, 0.1) is 0 Å². The number of aromatic nitrogens is 2. The average molecular weight is 206 g/mol. The van der Waals surface area contributed by atoms with E-state index in [-0.39, 0.29) is 0 Å². The summed E-state index contributed by atoms with van der Waals surface area (Å²) in [6.07, 6.45) is 7.65. The molecular formula is C10H14N4O. The van der Waals surface area contributed by atoms with Crippen LogP contribution in [-0.2, 0) is 4.79 Å². The largest absolute Gasteiger partial charge is 0.368 e. The molecule has 5 nitrogen and oxygen atoms in total. The van der Waals surface area contributed by atoms with Gasteiger partial charge in [0, 0.05) is 24.8 Å². The molecule has 0 spiro atoms. The topological polar surface area (TPSA) is 83.8 Å². The first kappa shape index (κ1) is 12.9. The minimum Gasteiger partial charge on any atom is -0.368 e. The number of nitrogens with zero attached hydrogens (tertiary/aromatic N) is 1. The van der Waals surface area contributed by atoms with Crippen LogP contribution in [0.5, 0.6) is 0 Å². The Kier molecular flexibility index (Phi) is 10.2. The Balaban J connectivity index is 0.000000202. The van der Waals surface area contributed by atoms with Crippen LogP contribution in [0.4, 0.5) is 0 Å². The first-order chi connectivity index (χ1) is 7.41. The van der Waals surface area contributed by atoms with E-state index in [2.05, 4.69) is 15.8 Å². The van der Waals surface area contributed by atoms with Gasteiger partial charge in [0.15, 0.2) is 0 Å². The molecule has 80 valence electrons. The van der Waals surface area contributed by atoms with Crippen molar-refractivity contribution in [3.05, 3.63) is 55.1 Å². The van der Waals surface area contributed by atoms with Crippen molar-refractivity contribution in [1.82, 2.24) is 15.4 Å². The average Bonchev–Trinajstić information content (AvgIpc) is 2.90. The van der Waals surface area contributed by atoms with E-state index in [1.54, 1.807) is 17.8 Å². The molecule has 0 aliphatic rings. The Morgan fingerprint density at radius 1 is 1.07 bits per heavy atom. The summed E-state index contributed by atoms with van der Waals surface area (Å²) in [5.41, 5.74) is 1.75. The summed E-state index contributed by atoms with van der Waals surface area (Å²) in [5.74, 6) is 4.41. The van der Waals surface area contributed by atoms with Gasteiger partial charge in [0.2, 0.25) is 6.41 Å². The fraction of sp³-hybridized carbons (Fsp3) is 0. The van der Waals surface area contributed by atoms with Gasteiger partial charge in [-0.25, -0.2) is 5.84 Å². The van der Waals surface area contributed by atoms with Crippen molar-refractivity contribution in [2.75, 3.05) is 0 Å². The molecule has 0 radical (unpaired) electrons. The van der Waals surface area contributed by atoms with Gasteiger partial charge in [-0.2, -0.15) is 0 Å². The first-order valence-corrected chi connectivity index (χ1v) is 4.24. The van der Waals surface area contributed by atoms with Gasteiger partial charge in [-0.3, -0.25) is 15.2 Å². The molecule has 2 aromatic rings. The fourth-order valence-corrected chi connectivity index (χ4v) is 0.590. The molecule has 15 heavy (non-hydrogen) atoms. The highest BCUT2D eigenvalue weighted by Crippen LogP contribution is 1.73. The molecule has 0 saturated carbocycles. The van der Waals surface area contributed by atoms with Gasteiger partial charge in [0.05, 0.1) is 0 Å². The minimum atomic E-state index is 0.403. The van der Waals surface area contributed by atoms with Crippen LogP contribution in [-0.4, -0.2) is 16.4 Å². The maximum atomic E-state index is 8.94. The number of hydrogen-bond donors (Lipinski definition) is 3. The second-order valence-corrected chi connectivity index (χ2v) is 2.19. The van der Waals surface area contributed by atoms with Gasteiger partial charge in [-0.15, -0.1) is 0 Å². The van der Waals surface area contributed by atoms with Gasteiger partial charge in [-0.05, 0) is 24.3 Å². The highest BCUT2D eigenvalue weighted by molar-refractivity contribution is 5.44. The van der Waals surface area contributed by atoms with E-state index in [0.717, 1.165) is 0 Å². The molecule has 0 aromatic carbocycles.